The van der Waals surface area contributed by atoms with E-state index in [9.17, 15) is 24.6 Å². The van der Waals surface area contributed by atoms with Crippen molar-refractivity contribution in [2.75, 3.05) is 5.73 Å². The molecule has 0 aromatic heterocycles. The van der Waals surface area contributed by atoms with E-state index in [-0.39, 0.29) is 41.5 Å². The average Bonchev–Trinajstić information content (AvgIpc) is 2.51. The molecule has 0 spiro atoms. The van der Waals surface area contributed by atoms with Gasteiger partial charge in [0.2, 0.25) is 0 Å². The number of amides is 2. The first-order valence-corrected chi connectivity index (χ1v) is 7.30. The molecule has 8 nitrogen and oxygen atoms in total. The molecule has 126 valence electrons. The molecule has 0 saturated heterocycles. The summed E-state index contributed by atoms with van der Waals surface area (Å²) in [7, 11) is 0. The van der Waals surface area contributed by atoms with E-state index in [4.69, 9.17) is 5.73 Å². The standard InChI is InChI=1S/C16H17N3O5/c1-2-3-8-4-5-9(12(13(8)17)16(23)24)14(21)18-10-6-7-11(20)19-15(10)22/h2-5,10H,6-7,17H2,1H3,(H,18,21)(H,23,24)(H,19,20,22)/p+1/b3-2-. The van der Waals surface area contributed by atoms with Crippen molar-refractivity contribution in [2.24, 2.45) is 0 Å². The molecule has 24 heavy (non-hydrogen) atoms. The predicted octanol–water partition coefficient (Wildman–Crippen LogP) is -0.544. The molecule has 1 unspecified atom stereocenters. The van der Waals surface area contributed by atoms with Gasteiger partial charge >= 0.3 is 17.8 Å². The van der Waals surface area contributed by atoms with Crippen LogP contribution in [0.4, 0.5) is 5.69 Å². The van der Waals surface area contributed by atoms with Gasteiger partial charge in [-0.3, -0.25) is 4.79 Å². The first kappa shape index (κ1) is 17.2. The summed E-state index contributed by atoms with van der Waals surface area (Å²) in [5, 5.41) is 21.6. The first-order valence-electron chi connectivity index (χ1n) is 7.30. The van der Waals surface area contributed by atoms with E-state index in [0.29, 0.717) is 5.56 Å². The zero-order valence-corrected chi connectivity index (χ0v) is 13.0. The average molecular weight is 332 g/mol. The minimum Gasteiger partial charge on any atom is -0.478 e. The second-order valence-electron chi connectivity index (χ2n) is 5.29. The quantitative estimate of drug-likeness (QED) is 0.468. The number of hydrogen-bond acceptors (Lipinski definition) is 4. The number of aliphatic hydroxyl groups is 1. The number of anilines is 1. The van der Waals surface area contributed by atoms with Crippen molar-refractivity contribution in [1.29, 1.82) is 0 Å². The van der Waals surface area contributed by atoms with E-state index in [0.717, 1.165) is 0 Å². The van der Waals surface area contributed by atoms with Crippen molar-refractivity contribution in [1.82, 2.24) is 5.32 Å². The lowest BCUT2D eigenvalue weighted by Crippen LogP contribution is -2.82. The highest BCUT2D eigenvalue weighted by molar-refractivity contribution is 6.09. The van der Waals surface area contributed by atoms with E-state index >= 15 is 0 Å². The molecule has 1 heterocycles. The molecule has 0 saturated carbocycles. The Kier molecular flexibility index (Phi) is 4.98. The zero-order valence-electron chi connectivity index (χ0n) is 13.0. The molecule has 2 rings (SSSR count). The van der Waals surface area contributed by atoms with Crippen molar-refractivity contribution in [3.05, 3.63) is 34.9 Å². The van der Waals surface area contributed by atoms with Gasteiger partial charge in [-0.25, -0.2) is 9.59 Å². The Bertz CT molecular complexity index is 767. The van der Waals surface area contributed by atoms with E-state index in [1.54, 1.807) is 25.1 Å². The third-order valence-electron chi connectivity index (χ3n) is 3.65. The maximum atomic E-state index is 12.4. The Balaban J connectivity index is 2.36. The van der Waals surface area contributed by atoms with Crippen LogP contribution in [0.2, 0.25) is 0 Å². The second kappa shape index (κ2) is 6.95. The van der Waals surface area contributed by atoms with Crippen molar-refractivity contribution in [3.63, 3.8) is 0 Å². The van der Waals surface area contributed by atoms with Crippen LogP contribution in [0.5, 0.6) is 0 Å². The van der Waals surface area contributed by atoms with Crippen LogP contribution in [-0.2, 0) is 4.79 Å². The molecular weight excluding hydrogens is 314 g/mol. The maximum absolute atomic E-state index is 12.4. The lowest BCUT2D eigenvalue weighted by molar-refractivity contribution is -0.393. The molecule has 0 bridgehead atoms. The smallest absolute Gasteiger partial charge is 0.388 e. The first-order chi connectivity index (χ1) is 11.3. The number of nitrogens with one attached hydrogen (secondary N) is 2. The number of aliphatic hydroxyl groups excluding tert-OH is 1. The Morgan fingerprint density at radius 2 is 2.12 bits per heavy atom. The van der Waals surface area contributed by atoms with Gasteiger partial charge in [0.25, 0.3) is 5.91 Å². The third kappa shape index (κ3) is 3.43. The molecule has 0 aliphatic carbocycles. The highest BCUT2D eigenvalue weighted by Crippen LogP contribution is 2.24. The number of nitrogens with two attached hydrogens (primary N) is 1. The van der Waals surface area contributed by atoms with Gasteiger partial charge in [0.05, 0.1) is 23.2 Å². The fraction of sp³-hybridized carbons (Fsp3) is 0.250. The number of carbonyl (C=O) groups is 3. The lowest BCUT2D eigenvalue weighted by Gasteiger charge is -2.17. The van der Waals surface area contributed by atoms with Crippen LogP contribution >= 0.6 is 0 Å². The van der Waals surface area contributed by atoms with Gasteiger partial charge < -0.3 is 21.3 Å². The number of carboxylic acid groups (broad SMARTS) is 1. The molecule has 1 aromatic rings. The SMILES string of the molecule is C/C=C\c1ccc(C(=O)NC2CCC(=O)[NH+]=C2O)c(C(=O)O)c1N. The summed E-state index contributed by atoms with van der Waals surface area (Å²) in [5.74, 6) is -2.73. The number of nitrogen functional groups attached to an aromatic ring is 1. The fourth-order valence-corrected chi connectivity index (χ4v) is 2.46. The maximum Gasteiger partial charge on any atom is 0.388 e. The molecule has 8 heteroatoms. The van der Waals surface area contributed by atoms with E-state index in [2.05, 4.69) is 10.3 Å². The molecule has 6 N–H and O–H groups in total. The molecular formula is C16H18N3O5+. The number of benzene rings is 1. The van der Waals surface area contributed by atoms with Crippen LogP contribution < -0.4 is 16.0 Å². The highest BCUT2D eigenvalue weighted by Gasteiger charge is 2.32. The summed E-state index contributed by atoms with van der Waals surface area (Å²) in [4.78, 5) is 37.3. The summed E-state index contributed by atoms with van der Waals surface area (Å²) in [6, 6.07) is 2.12. The third-order valence-corrected chi connectivity index (χ3v) is 3.65. The Labute approximate surface area is 137 Å². The second-order valence-corrected chi connectivity index (χ2v) is 5.29. The number of carbonyl (C=O) groups excluding carboxylic acids is 2. The molecule has 1 atom stereocenters. The topological polar surface area (TPSA) is 144 Å². The van der Waals surface area contributed by atoms with Crippen LogP contribution in [0.1, 0.15) is 46.0 Å². The molecule has 0 radical (unpaired) electrons. The predicted molar refractivity (Wildman–Crippen MR) is 86.6 cm³/mol. The summed E-state index contributed by atoms with van der Waals surface area (Å²) in [5.41, 5.74) is 5.92. The largest absolute Gasteiger partial charge is 0.478 e. The van der Waals surface area contributed by atoms with Gasteiger partial charge in [-0.2, -0.15) is 0 Å². The summed E-state index contributed by atoms with van der Waals surface area (Å²) >= 11 is 0. The number of carboxylic acids is 1. The number of allylic oxidation sites excluding steroid dienone is 1. The Morgan fingerprint density at radius 3 is 2.71 bits per heavy atom. The summed E-state index contributed by atoms with van der Waals surface area (Å²) in [6.07, 6.45) is 3.70. The Morgan fingerprint density at radius 1 is 1.42 bits per heavy atom. The Hall–Kier alpha value is -3.16. The fourth-order valence-electron chi connectivity index (χ4n) is 2.46. The van der Waals surface area contributed by atoms with Crippen LogP contribution in [0.3, 0.4) is 0 Å². The van der Waals surface area contributed by atoms with Gasteiger partial charge in [0.15, 0.2) is 6.04 Å². The minimum absolute atomic E-state index is 0.0154. The zero-order chi connectivity index (χ0) is 17.9. The van der Waals surface area contributed by atoms with Crippen LogP contribution in [0.15, 0.2) is 18.2 Å². The summed E-state index contributed by atoms with van der Waals surface area (Å²) in [6.45, 7) is 1.76. The minimum atomic E-state index is -1.32. The monoisotopic (exact) mass is 332 g/mol. The molecule has 0 fully saturated rings. The van der Waals surface area contributed by atoms with Crippen molar-refractivity contribution in [3.8, 4) is 0 Å². The highest BCUT2D eigenvalue weighted by atomic mass is 16.4. The van der Waals surface area contributed by atoms with Crippen LogP contribution in [-0.4, -0.2) is 39.9 Å². The number of rotatable bonds is 4. The van der Waals surface area contributed by atoms with E-state index in [1.165, 1.54) is 6.07 Å². The van der Waals surface area contributed by atoms with Gasteiger partial charge in [-0.05, 0) is 25.0 Å². The summed E-state index contributed by atoms with van der Waals surface area (Å²) < 4.78 is 0. The molecule has 1 aliphatic heterocycles. The van der Waals surface area contributed by atoms with E-state index in [1.807, 2.05) is 0 Å². The van der Waals surface area contributed by atoms with E-state index < -0.39 is 17.9 Å². The van der Waals surface area contributed by atoms with Gasteiger partial charge in [-0.1, -0.05) is 18.2 Å². The van der Waals surface area contributed by atoms with Crippen molar-refractivity contribution < 1.29 is 29.6 Å². The lowest BCUT2D eigenvalue weighted by atomic mass is 9.99. The molecule has 1 aromatic carbocycles. The molecule has 1 aliphatic rings. The van der Waals surface area contributed by atoms with Gasteiger partial charge in [-0.15, -0.1) is 4.99 Å². The number of aromatic carboxylic acids is 1. The van der Waals surface area contributed by atoms with Crippen molar-refractivity contribution in [2.45, 2.75) is 25.8 Å². The molecule has 2 amide bonds. The van der Waals surface area contributed by atoms with Crippen molar-refractivity contribution >= 4 is 35.4 Å². The van der Waals surface area contributed by atoms with Crippen LogP contribution in [0, 0.1) is 0 Å². The van der Waals surface area contributed by atoms with Gasteiger partial charge in [0.1, 0.15) is 0 Å². The van der Waals surface area contributed by atoms with Crippen LogP contribution in [0.25, 0.3) is 6.08 Å². The van der Waals surface area contributed by atoms with Gasteiger partial charge in [0, 0.05) is 0 Å². The number of hydrogen-bond donors (Lipinski definition) is 5. The normalized spacial score (nSPS) is 17.6.